The number of rotatable bonds is 6. The molecule has 2 aromatic carbocycles. The third-order valence-corrected chi connectivity index (χ3v) is 5.45. The third kappa shape index (κ3) is 5.33. The second kappa shape index (κ2) is 9.21. The van der Waals surface area contributed by atoms with E-state index in [1.54, 1.807) is 20.8 Å². The fourth-order valence-electron chi connectivity index (χ4n) is 2.56. The molecule has 1 atom stereocenters. The van der Waals surface area contributed by atoms with Gasteiger partial charge in [-0.2, -0.15) is 0 Å². The Hall–Kier alpha value is -2.00. The topological polar surface area (TPSA) is 35.4 Å². The van der Waals surface area contributed by atoms with E-state index in [1.807, 2.05) is 0 Å². The minimum atomic E-state index is -3.13. The van der Waals surface area contributed by atoms with Crippen molar-refractivity contribution in [3.05, 3.63) is 70.3 Å². The van der Waals surface area contributed by atoms with Gasteiger partial charge in [0.1, 0.15) is 27.7 Å². The molecule has 0 fully saturated rings. The molecule has 0 aliphatic carbocycles. The molecule has 0 saturated carbocycles. The van der Waals surface area contributed by atoms with Gasteiger partial charge >= 0.3 is 0 Å². The molecular weight excluding hydrogens is 416 g/mol. The van der Waals surface area contributed by atoms with Crippen LogP contribution in [0, 0.1) is 11.6 Å². The van der Waals surface area contributed by atoms with Crippen LogP contribution >= 0.6 is 0 Å². The zero-order valence-electron chi connectivity index (χ0n) is 15.8. The number of hydrogen-bond donors (Lipinski definition) is 0. The lowest BCUT2D eigenvalue weighted by Crippen LogP contribution is -2.26. The van der Waals surface area contributed by atoms with E-state index in [2.05, 4.69) is 4.40 Å². The van der Waals surface area contributed by atoms with E-state index in [1.165, 1.54) is 0 Å². The number of nitrogens with zero attached hydrogens (tertiary/aromatic N) is 1. The molecule has 2 rings (SSSR count). The van der Waals surface area contributed by atoms with Crippen LogP contribution in [0.3, 0.4) is 0 Å². The summed E-state index contributed by atoms with van der Waals surface area (Å²) in [5.41, 5.74) is -2.60. The Morgan fingerprint density at radius 2 is 1.21 bits per heavy atom. The average Bonchev–Trinajstić information content (AvgIpc) is 2.62. The van der Waals surface area contributed by atoms with E-state index in [4.69, 9.17) is 0 Å². The standard InChI is InChI=1S/C20H19F6NOS/c1-20(2,3)29(28)27-10-15(11-6-4-8-13(16(11)21)18(23)24)12-7-5-9-14(17(12)22)19(25)26/h4-10,15,18-19H,1-3H3. The Kier molecular flexibility index (Phi) is 7.40. The summed E-state index contributed by atoms with van der Waals surface area (Å²) in [6.45, 7) is 4.85. The van der Waals surface area contributed by atoms with E-state index in [0.717, 1.165) is 42.6 Å². The van der Waals surface area contributed by atoms with Crippen LogP contribution in [0.4, 0.5) is 26.3 Å². The van der Waals surface area contributed by atoms with Crippen LogP contribution in [0.15, 0.2) is 40.8 Å². The van der Waals surface area contributed by atoms with Gasteiger partial charge in [0.15, 0.2) is 0 Å². The molecule has 0 amide bonds. The zero-order valence-corrected chi connectivity index (χ0v) is 16.6. The summed E-state index contributed by atoms with van der Waals surface area (Å²) in [5.74, 6) is -4.04. The first-order valence-electron chi connectivity index (χ1n) is 8.54. The van der Waals surface area contributed by atoms with Crippen molar-refractivity contribution in [2.75, 3.05) is 0 Å². The largest absolute Gasteiger partial charge is 0.591 e. The Balaban J connectivity index is 2.68. The predicted molar refractivity (Wildman–Crippen MR) is 101 cm³/mol. The Morgan fingerprint density at radius 3 is 1.55 bits per heavy atom. The summed E-state index contributed by atoms with van der Waals surface area (Å²) in [4.78, 5) is 0. The molecule has 0 bridgehead atoms. The molecule has 0 radical (unpaired) electrons. The summed E-state index contributed by atoms with van der Waals surface area (Å²) in [6, 6.07) is 6.30. The van der Waals surface area contributed by atoms with E-state index < -0.39 is 57.6 Å². The van der Waals surface area contributed by atoms with E-state index in [9.17, 15) is 30.9 Å². The van der Waals surface area contributed by atoms with Crippen molar-refractivity contribution in [3.63, 3.8) is 0 Å². The molecule has 0 spiro atoms. The van der Waals surface area contributed by atoms with Crippen LogP contribution in [0.5, 0.6) is 0 Å². The third-order valence-electron chi connectivity index (χ3n) is 4.09. The molecule has 0 aromatic heterocycles. The van der Waals surface area contributed by atoms with Crippen molar-refractivity contribution < 1.29 is 30.9 Å². The zero-order chi connectivity index (χ0) is 21.9. The maximum absolute atomic E-state index is 14.7. The first-order valence-corrected chi connectivity index (χ1v) is 9.65. The molecule has 0 aliphatic heterocycles. The maximum Gasteiger partial charge on any atom is 0.266 e. The normalized spacial score (nSPS) is 13.8. The highest BCUT2D eigenvalue weighted by Crippen LogP contribution is 2.35. The van der Waals surface area contributed by atoms with Gasteiger partial charge in [-0.1, -0.05) is 40.8 Å². The Labute approximate surface area is 168 Å². The summed E-state index contributed by atoms with van der Waals surface area (Å²) in [6.07, 6.45) is -5.31. The number of alkyl halides is 4. The molecule has 158 valence electrons. The molecule has 2 aromatic rings. The second-order valence-electron chi connectivity index (χ2n) is 7.20. The van der Waals surface area contributed by atoms with Gasteiger partial charge in [0.25, 0.3) is 12.9 Å². The molecule has 0 heterocycles. The molecule has 0 aliphatic rings. The van der Waals surface area contributed by atoms with Gasteiger partial charge in [0.2, 0.25) is 0 Å². The first kappa shape index (κ1) is 23.3. The van der Waals surface area contributed by atoms with Crippen LogP contribution in [-0.4, -0.2) is 15.5 Å². The van der Waals surface area contributed by atoms with Crippen molar-refractivity contribution in [2.45, 2.75) is 44.3 Å². The van der Waals surface area contributed by atoms with Gasteiger partial charge in [0, 0.05) is 11.1 Å². The number of halogens is 6. The number of hydrogen-bond acceptors (Lipinski definition) is 2. The highest BCUT2D eigenvalue weighted by Gasteiger charge is 2.29. The summed E-state index contributed by atoms with van der Waals surface area (Å²) >= 11 is -1.82. The van der Waals surface area contributed by atoms with Gasteiger partial charge in [-0.05, 0) is 20.8 Å². The van der Waals surface area contributed by atoms with Crippen LogP contribution in [0.2, 0.25) is 0 Å². The van der Waals surface area contributed by atoms with Gasteiger partial charge in [-0.25, -0.2) is 26.3 Å². The highest BCUT2D eigenvalue weighted by molar-refractivity contribution is 7.91. The SMILES string of the molecule is CC(C)(C)[S+]([O-])N=CC(c1cccc(C(F)F)c1F)c1cccc(C(F)F)c1F. The fraction of sp³-hybridized carbons (Fsp3) is 0.350. The molecule has 29 heavy (non-hydrogen) atoms. The van der Waals surface area contributed by atoms with Crippen molar-refractivity contribution in [1.82, 2.24) is 0 Å². The monoisotopic (exact) mass is 435 g/mol. The lowest BCUT2D eigenvalue weighted by Gasteiger charge is -2.20. The van der Waals surface area contributed by atoms with Gasteiger partial charge in [0.05, 0.1) is 23.3 Å². The van der Waals surface area contributed by atoms with E-state index >= 15 is 0 Å². The summed E-state index contributed by atoms with van der Waals surface area (Å²) in [7, 11) is 0. The second-order valence-corrected chi connectivity index (χ2v) is 9.13. The van der Waals surface area contributed by atoms with Crippen LogP contribution in [-0.2, 0) is 11.4 Å². The minimum Gasteiger partial charge on any atom is -0.591 e. The minimum absolute atomic E-state index is 0.386. The molecule has 2 nitrogen and oxygen atoms in total. The molecule has 9 heteroatoms. The van der Waals surface area contributed by atoms with E-state index in [0.29, 0.717) is 0 Å². The highest BCUT2D eigenvalue weighted by atomic mass is 32.2. The van der Waals surface area contributed by atoms with Crippen LogP contribution < -0.4 is 0 Å². The van der Waals surface area contributed by atoms with Gasteiger partial charge in [-0.15, -0.1) is 0 Å². The van der Waals surface area contributed by atoms with Crippen molar-refractivity contribution in [2.24, 2.45) is 4.40 Å². The quantitative estimate of drug-likeness (QED) is 0.290. The smallest absolute Gasteiger partial charge is 0.266 e. The predicted octanol–water partition coefficient (Wildman–Crippen LogP) is 6.50. The Bertz CT molecular complexity index is 824. The number of benzene rings is 2. The van der Waals surface area contributed by atoms with Crippen LogP contribution in [0.1, 0.15) is 61.8 Å². The van der Waals surface area contributed by atoms with Crippen molar-refractivity contribution >= 4 is 17.6 Å². The van der Waals surface area contributed by atoms with E-state index in [-0.39, 0.29) is 11.1 Å². The summed E-state index contributed by atoms with van der Waals surface area (Å²) < 4.78 is 97.1. The lowest BCUT2D eigenvalue weighted by atomic mass is 9.89. The fourth-order valence-corrected chi connectivity index (χ4v) is 3.11. The lowest BCUT2D eigenvalue weighted by molar-refractivity contribution is 0.146. The molecule has 0 saturated heterocycles. The summed E-state index contributed by atoms with van der Waals surface area (Å²) in [5, 5.41) is 0. The molecular formula is C20H19F6NOS. The van der Waals surface area contributed by atoms with Gasteiger partial charge < -0.3 is 4.55 Å². The maximum atomic E-state index is 14.7. The van der Waals surface area contributed by atoms with Crippen molar-refractivity contribution in [3.8, 4) is 0 Å². The van der Waals surface area contributed by atoms with Gasteiger partial charge in [-0.3, -0.25) is 0 Å². The molecule has 1 unspecified atom stereocenters. The first-order chi connectivity index (χ1) is 13.4. The Morgan fingerprint density at radius 1 is 0.828 bits per heavy atom. The van der Waals surface area contributed by atoms with Crippen molar-refractivity contribution in [1.29, 1.82) is 0 Å². The molecule has 0 N–H and O–H groups in total. The average molecular weight is 435 g/mol. The van der Waals surface area contributed by atoms with Crippen LogP contribution in [0.25, 0.3) is 0 Å².